The molecule has 4 rings (SSSR count). The Morgan fingerprint density at radius 3 is 2.20 bits per heavy atom. The molecule has 1 aliphatic heterocycles. The van der Waals surface area contributed by atoms with Gasteiger partial charge in [-0.05, 0) is 61.4 Å². The lowest BCUT2D eigenvalue weighted by Crippen LogP contribution is -2.30. The Balaban J connectivity index is 1.27. The van der Waals surface area contributed by atoms with Crippen molar-refractivity contribution < 1.29 is 14.3 Å². The number of aryl methyl sites for hydroxylation is 1. The topological polar surface area (TPSA) is 46.6 Å². The summed E-state index contributed by atoms with van der Waals surface area (Å²) in [5.41, 5.74) is 2.22. The number of hydrogen-bond donors (Lipinski definition) is 0. The number of benzene rings is 2. The molecule has 0 radical (unpaired) electrons. The van der Waals surface area contributed by atoms with Crippen molar-refractivity contribution in [2.24, 2.45) is 5.92 Å². The predicted molar refractivity (Wildman–Crippen MR) is 118 cm³/mol. The highest BCUT2D eigenvalue weighted by molar-refractivity contribution is 6.21. The fraction of sp³-hybridized carbons (Fsp3) is 0.462. The maximum atomic E-state index is 12.5. The number of nitrogens with zero attached hydrogens (tertiary/aromatic N) is 1. The third-order valence-electron chi connectivity index (χ3n) is 6.33. The summed E-state index contributed by atoms with van der Waals surface area (Å²) in [4.78, 5) is 26.3. The molecule has 1 aliphatic carbocycles. The number of ether oxygens (including phenoxy) is 1. The molecule has 1 heterocycles. The van der Waals surface area contributed by atoms with E-state index in [1.165, 1.54) is 55.4 Å². The van der Waals surface area contributed by atoms with E-state index in [1.807, 2.05) is 12.1 Å². The van der Waals surface area contributed by atoms with E-state index >= 15 is 0 Å². The van der Waals surface area contributed by atoms with Crippen LogP contribution in [0.1, 0.15) is 77.6 Å². The van der Waals surface area contributed by atoms with Crippen LogP contribution in [-0.2, 0) is 6.42 Å². The van der Waals surface area contributed by atoms with E-state index in [0.717, 1.165) is 25.2 Å². The van der Waals surface area contributed by atoms with E-state index in [9.17, 15) is 9.59 Å². The van der Waals surface area contributed by atoms with Crippen LogP contribution in [0.4, 0.5) is 0 Å². The Kier molecular flexibility index (Phi) is 6.83. The molecule has 4 heteroatoms. The first-order chi connectivity index (χ1) is 14.7. The molecule has 0 saturated heterocycles. The summed E-state index contributed by atoms with van der Waals surface area (Å²) in [5, 5.41) is 0. The van der Waals surface area contributed by atoms with Gasteiger partial charge in [-0.3, -0.25) is 14.5 Å². The Hall–Kier alpha value is -2.62. The summed E-state index contributed by atoms with van der Waals surface area (Å²) in [5.74, 6) is 1.25. The van der Waals surface area contributed by atoms with Gasteiger partial charge in [0, 0.05) is 6.54 Å². The first kappa shape index (κ1) is 20.6. The zero-order valence-corrected chi connectivity index (χ0v) is 17.6. The lowest BCUT2D eigenvalue weighted by atomic mass is 9.92. The van der Waals surface area contributed by atoms with E-state index in [0.29, 0.717) is 23.6 Å². The number of carbonyl (C=O) groups excluding carboxylic acids is 2. The first-order valence-corrected chi connectivity index (χ1v) is 11.4. The molecule has 0 bridgehead atoms. The largest absolute Gasteiger partial charge is 0.493 e. The fourth-order valence-corrected chi connectivity index (χ4v) is 4.60. The van der Waals surface area contributed by atoms with Crippen LogP contribution in [0.5, 0.6) is 5.75 Å². The van der Waals surface area contributed by atoms with Crippen molar-refractivity contribution >= 4 is 11.8 Å². The molecule has 30 heavy (non-hydrogen) atoms. The molecule has 2 aromatic rings. The molecule has 0 N–H and O–H groups in total. The minimum Gasteiger partial charge on any atom is -0.493 e. The molecule has 1 saturated carbocycles. The number of amides is 2. The van der Waals surface area contributed by atoms with Gasteiger partial charge in [0.05, 0.1) is 17.7 Å². The predicted octanol–water partition coefficient (Wildman–Crippen LogP) is 5.65. The van der Waals surface area contributed by atoms with Gasteiger partial charge in [-0.25, -0.2) is 0 Å². The average molecular weight is 406 g/mol. The monoisotopic (exact) mass is 405 g/mol. The number of hydrogen-bond acceptors (Lipinski definition) is 3. The molecule has 2 aromatic carbocycles. The van der Waals surface area contributed by atoms with E-state index in [1.54, 1.807) is 24.3 Å². The standard InChI is InChI=1S/C26H31NO3/c28-25-23-15-6-7-16-24(23)26(29)27(25)17-9-13-20-12-8-14-22(18-20)30-19-21-10-4-2-1-3-5-11-21/h6-8,12,14-16,18,21H,1-5,9-11,13,17,19H2. The van der Waals surface area contributed by atoms with Crippen LogP contribution >= 0.6 is 0 Å². The highest BCUT2D eigenvalue weighted by atomic mass is 16.5. The van der Waals surface area contributed by atoms with Crippen LogP contribution in [0.2, 0.25) is 0 Å². The third kappa shape index (κ3) is 4.92. The van der Waals surface area contributed by atoms with Crippen molar-refractivity contribution in [2.45, 2.75) is 57.8 Å². The molecule has 0 atom stereocenters. The van der Waals surface area contributed by atoms with Gasteiger partial charge in [-0.15, -0.1) is 0 Å². The van der Waals surface area contributed by atoms with Crippen LogP contribution in [0.15, 0.2) is 48.5 Å². The SMILES string of the molecule is O=C1c2ccccc2C(=O)N1CCCc1cccc(OCC2CCCCCCC2)c1. The van der Waals surface area contributed by atoms with E-state index < -0.39 is 0 Å². The quantitative estimate of drug-likeness (QED) is 0.559. The van der Waals surface area contributed by atoms with Crippen LogP contribution in [0.25, 0.3) is 0 Å². The van der Waals surface area contributed by atoms with Gasteiger partial charge in [-0.1, -0.05) is 56.4 Å². The Bertz CT molecular complexity index is 848. The highest BCUT2D eigenvalue weighted by Gasteiger charge is 2.34. The highest BCUT2D eigenvalue weighted by Crippen LogP contribution is 2.25. The summed E-state index contributed by atoms with van der Waals surface area (Å²) in [6, 6.07) is 15.3. The van der Waals surface area contributed by atoms with E-state index in [4.69, 9.17) is 4.74 Å². The molecule has 158 valence electrons. The molecular weight excluding hydrogens is 374 g/mol. The maximum Gasteiger partial charge on any atom is 0.261 e. The molecule has 0 unspecified atom stereocenters. The van der Waals surface area contributed by atoms with Gasteiger partial charge < -0.3 is 4.74 Å². The maximum absolute atomic E-state index is 12.5. The number of fused-ring (bicyclic) bond motifs is 1. The second-order valence-electron chi connectivity index (χ2n) is 8.58. The van der Waals surface area contributed by atoms with Crippen molar-refractivity contribution in [3.05, 3.63) is 65.2 Å². The van der Waals surface area contributed by atoms with Crippen LogP contribution in [0, 0.1) is 5.92 Å². The number of carbonyl (C=O) groups is 2. The molecule has 2 aliphatic rings. The molecule has 4 nitrogen and oxygen atoms in total. The zero-order chi connectivity index (χ0) is 20.8. The Labute approximate surface area is 179 Å². The second-order valence-corrected chi connectivity index (χ2v) is 8.58. The van der Waals surface area contributed by atoms with E-state index in [-0.39, 0.29) is 11.8 Å². The van der Waals surface area contributed by atoms with Crippen molar-refractivity contribution in [1.29, 1.82) is 0 Å². The lowest BCUT2D eigenvalue weighted by Gasteiger charge is -2.20. The summed E-state index contributed by atoms with van der Waals surface area (Å²) in [7, 11) is 0. The smallest absolute Gasteiger partial charge is 0.261 e. The van der Waals surface area contributed by atoms with Gasteiger partial charge in [0.1, 0.15) is 5.75 Å². The molecule has 1 fully saturated rings. The normalized spacial score (nSPS) is 17.5. The zero-order valence-electron chi connectivity index (χ0n) is 17.6. The summed E-state index contributed by atoms with van der Waals surface area (Å²) >= 11 is 0. The van der Waals surface area contributed by atoms with E-state index in [2.05, 4.69) is 12.1 Å². The van der Waals surface area contributed by atoms with Gasteiger partial charge in [-0.2, -0.15) is 0 Å². The van der Waals surface area contributed by atoms with Crippen molar-refractivity contribution in [1.82, 2.24) is 4.90 Å². The van der Waals surface area contributed by atoms with Crippen LogP contribution in [-0.4, -0.2) is 29.9 Å². The molecular formula is C26H31NO3. The van der Waals surface area contributed by atoms with Crippen LogP contribution in [0.3, 0.4) is 0 Å². The van der Waals surface area contributed by atoms with Crippen LogP contribution < -0.4 is 4.74 Å². The fourth-order valence-electron chi connectivity index (χ4n) is 4.60. The van der Waals surface area contributed by atoms with Gasteiger partial charge >= 0.3 is 0 Å². The minimum absolute atomic E-state index is 0.174. The third-order valence-corrected chi connectivity index (χ3v) is 6.33. The average Bonchev–Trinajstić information content (AvgIpc) is 2.98. The second kappa shape index (κ2) is 9.92. The first-order valence-electron chi connectivity index (χ1n) is 11.4. The van der Waals surface area contributed by atoms with Gasteiger partial charge in [0.25, 0.3) is 11.8 Å². The van der Waals surface area contributed by atoms with Gasteiger partial charge in [0.15, 0.2) is 0 Å². The Morgan fingerprint density at radius 1 is 0.833 bits per heavy atom. The summed E-state index contributed by atoms with van der Waals surface area (Å²) in [6.45, 7) is 1.25. The lowest BCUT2D eigenvalue weighted by molar-refractivity contribution is 0.0652. The summed E-state index contributed by atoms with van der Waals surface area (Å²) in [6.07, 6.45) is 10.9. The number of imide groups is 1. The van der Waals surface area contributed by atoms with Crippen molar-refractivity contribution in [2.75, 3.05) is 13.2 Å². The molecule has 0 aromatic heterocycles. The minimum atomic E-state index is -0.174. The Morgan fingerprint density at radius 2 is 1.50 bits per heavy atom. The van der Waals surface area contributed by atoms with Gasteiger partial charge in [0.2, 0.25) is 0 Å². The van der Waals surface area contributed by atoms with Crippen molar-refractivity contribution in [3.63, 3.8) is 0 Å². The molecule has 0 spiro atoms. The number of rotatable bonds is 7. The summed E-state index contributed by atoms with van der Waals surface area (Å²) < 4.78 is 6.12. The molecule has 2 amide bonds. The van der Waals surface area contributed by atoms with Crippen molar-refractivity contribution in [3.8, 4) is 5.75 Å².